The summed E-state index contributed by atoms with van der Waals surface area (Å²) in [6.45, 7) is 1.93. The van der Waals surface area contributed by atoms with Crippen molar-refractivity contribution in [1.29, 1.82) is 0 Å². The van der Waals surface area contributed by atoms with E-state index in [4.69, 9.17) is 4.98 Å². The predicted molar refractivity (Wildman–Crippen MR) is 119 cm³/mol. The minimum absolute atomic E-state index is 0.126. The van der Waals surface area contributed by atoms with E-state index in [0.29, 0.717) is 16.9 Å². The Morgan fingerprint density at radius 3 is 2.48 bits per heavy atom. The number of benzene rings is 2. The van der Waals surface area contributed by atoms with Crippen molar-refractivity contribution in [3.8, 4) is 17.1 Å². The number of aromatic nitrogens is 4. The molecular weight excluding hydrogens is 392 g/mol. The molecule has 1 saturated carbocycles. The maximum Gasteiger partial charge on any atom is 0.335 e. The molecule has 2 aromatic carbocycles. The van der Waals surface area contributed by atoms with Crippen molar-refractivity contribution in [2.24, 2.45) is 7.05 Å². The first kappa shape index (κ1) is 19.4. The summed E-state index contributed by atoms with van der Waals surface area (Å²) in [6.07, 6.45) is 4.33. The normalized spacial score (nSPS) is 14.5. The summed E-state index contributed by atoms with van der Waals surface area (Å²) in [5.41, 5.74) is 3.73. The number of carboxylic acids is 1. The fraction of sp³-hybridized carbons (Fsp3) is 0.292. The molecule has 1 N–H and O–H groups in total. The van der Waals surface area contributed by atoms with E-state index in [0.717, 1.165) is 42.6 Å². The molecule has 2 aromatic heterocycles. The van der Waals surface area contributed by atoms with Crippen molar-refractivity contribution in [2.45, 2.75) is 38.6 Å². The van der Waals surface area contributed by atoms with Gasteiger partial charge in [-0.15, -0.1) is 0 Å². The van der Waals surface area contributed by atoms with Gasteiger partial charge in [0.2, 0.25) is 0 Å². The van der Waals surface area contributed by atoms with Crippen LogP contribution in [0.25, 0.3) is 28.1 Å². The van der Waals surface area contributed by atoms with Crippen molar-refractivity contribution < 1.29 is 9.90 Å². The Bertz CT molecular complexity index is 1360. The van der Waals surface area contributed by atoms with E-state index >= 15 is 0 Å². The Morgan fingerprint density at radius 2 is 1.81 bits per heavy atom. The van der Waals surface area contributed by atoms with Gasteiger partial charge < -0.3 is 9.67 Å². The van der Waals surface area contributed by atoms with Crippen LogP contribution in [-0.2, 0) is 7.05 Å². The number of para-hydroxylation sites is 1. The minimum atomic E-state index is -0.985. The van der Waals surface area contributed by atoms with Crippen LogP contribution < -0.4 is 5.56 Å². The van der Waals surface area contributed by atoms with Crippen LogP contribution >= 0.6 is 0 Å². The van der Waals surface area contributed by atoms with E-state index < -0.39 is 5.97 Å². The van der Waals surface area contributed by atoms with Gasteiger partial charge in [0.25, 0.3) is 5.56 Å². The summed E-state index contributed by atoms with van der Waals surface area (Å²) in [5.74, 6) is -0.363. The van der Waals surface area contributed by atoms with Crippen LogP contribution in [0.5, 0.6) is 0 Å². The number of hydrogen-bond acceptors (Lipinski definition) is 3. The van der Waals surface area contributed by atoms with Gasteiger partial charge in [0.15, 0.2) is 0 Å². The molecule has 0 saturated heterocycles. The smallest absolute Gasteiger partial charge is 0.335 e. The molecule has 0 radical (unpaired) electrons. The highest BCUT2D eigenvalue weighted by molar-refractivity contribution is 5.93. The Labute approximate surface area is 179 Å². The van der Waals surface area contributed by atoms with Gasteiger partial charge in [0.05, 0.1) is 22.3 Å². The monoisotopic (exact) mass is 416 g/mol. The van der Waals surface area contributed by atoms with Gasteiger partial charge in [0.1, 0.15) is 11.4 Å². The molecule has 1 fully saturated rings. The summed E-state index contributed by atoms with van der Waals surface area (Å²) < 4.78 is 5.67. The summed E-state index contributed by atoms with van der Waals surface area (Å²) in [7, 11) is 1.87. The highest BCUT2D eigenvalue weighted by Crippen LogP contribution is 2.37. The molecule has 7 heteroatoms. The first-order chi connectivity index (χ1) is 15.0. The second kappa shape index (κ2) is 7.27. The molecule has 7 nitrogen and oxygen atoms in total. The Kier molecular flexibility index (Phi) is 4.54. The number of carbonyl (C=O) groups is 1. The largest absolute Gasteiger partial charge is 0.478 e. The lowest BCUT2D eigenvalue weighted by Crippen LogP contribution is -2.20. The van der Waals surface area contributed by atoms with Gasteiger partial charge in [0, 0.05) is 18.8 Å². The Hall–Kier alpha value is -3.61. The van der Waals surface area contributed by atoms with Crippen LogP contribution in [0.2, 0.25) is 0 Å². The van der Waals surface area contributed by atoms with Gasteiger partial charge in [-0.05, 0) is 50.1 Å². The van der Waals surface area contributed by atoms with Crippen molar-refractivity contribution in [3.63, 3.8) is 0 Å². The lowest BCUT2D eigenvalue weighted by Gasteiger charge is -2.16. The number of hydrogen-bond donors (Lipinski definition) is 1. The maximum absolute atomic E-state index is 13.6. The van der Waals surface area contributed by atoms with Gasteiger partial charge >= 0.3 is 5.97 Å². The summed E-state index contributed by atoms with van der Waals surface area (Å²) in [5, 5.41) is 9.41. The van der Waals surface area contributed by atoms with Gasteiger partial charge in [-0.25, -0.2) is 14.5 Å². The molecule has 2 heterocycles. The van der Waals surface area contributed by atoms with Crippen LogP contribution in [0.1, 0.15) is 47.8 Å². The average molecular weight is 416 g/mol. The van der Waals surface area contributed by atoms with E-state index in [1.807, 2.05) is 55.1 Å². The van der Waals surface area contributed by atoms with Crippen molar-refractivity contribution >= 4 is 17.0 Å². The average Bonchev–Trinajstić information content (AvgIpc) is 3.45. The van der Waals surface area contributed by atoms with Crippen molar-refractivity contribution in [3.05, 3.63) is 70.1 Å². The molecule has 1 aliphatic carbocycles. The lowest BCUT2D eigenvalue weighted by atomic mass is 10.1. The highest BCUT2D eigenvalue weighted by atomic mass is 16.4. The zero-order chi connectivity index (χ0) is 21.7. The molecule has 158 valence electrons. The fourth-order valence-electron chi connectivity index (χ4n) is 4.77. The van der Waals surface area contributed by atoms with Gasteiger partial charge in [-0.1, -0.05) is 31.0 Å². The number of carboxylic acid groups (broad SMARTS) is 1. The van der Waals surface area contributed by atoms with Crippen LogP contribution in [-0.4, -0.2) is 30.0 Å². The zero-order valence-electron chi connectivity index (χ0n) is 17.6. The fourth-order valence-corrected chi connectivity index (χ4v) is 4.77. The molecular formula is C24H24N4O3. The van der Waals surface area contributed by atoms with Crippen molar-refractivity contribution in [1.82, 2.24) is 18.9 Å². The number of imidazole rings is 1. The van der Waals surface area contributed by atoms with Crippen LogP contribution in [0.3, 0.4) is 0 Å². The van der Waals surface area contributed by atoms with Crippen LogP contribution in [0, 0.1) is 6.92 Å². The zero-order valence-corrected chi connectivity index (χ0v) is 17.6. The number of fused-ring (bicyclic) bond motifs is 1. The van der Waals surface area contributed by atoms with E-state index in [-0.39, 0.29) is 17.2 Å². The van der Waals surface area contributed by atoms with E-state index in [1.165, 1.54) is 0 Å². The third-order valence-electron chi connectivity index (χ3n) is 6.40. The van der Waals surface area contributed by atoms with Crippen LogP contribution in [0.15, 0.2) is 53.3 Å². The standard InChI is InChI=1S/C24H24N4O3/c1-15-21(23(29)28(26(15)2)18-10-4-3-5-11-18)22-25-19-14-16(24(30)31)12-13-20(19)27(22)17-8-6-7-9-17/h3-5,10-14,17H,6-9H2,1-2H3,(H,30,31). The third kappa shape index (κ3) is 3.00. The summed E-state index contributed by atoms with van der Waals surface area (Å²) >= 11 is 0. The SMILES string of the molecule is Cc1c(-c2nc3cc(C(=O)O)ccc3n2C2CCCC2)c(=O)n(-c2ccccc2)n1C. The molecule has 1 aliphatic rings. The second-order valence-corrected chi connectivity index (χ2v) is 8.19. The maximum atomic E-state index is 13.6. The second-order valence-electron chi connectivity index (χ2n) is 8.19. The first-order valence-electron chi connectivity index (χ1n) is 10.6. The third-order valence-corrected chi connectivity index (χ3v) is 6.40. The van der Waals surface area contributed by atoms with Gasteiger partial charge in [-0.3, -0.25) is 9.48 Å². The predicted octanol–water partition coefficient (Wildman–Crippen LogP) is 4.31. The number of nitrogens with zero attached hydrogens (tertiary/aromatic N) is 4. The summed E-state index contributed by atoms with van der Waals surface area (Å²) in [4.78, 5) is 29.9. The number of aromatic carboxylic acids is 1. The van der Waals surface area contributed by atoms with Crippen LogP contribution in [0.4, 0.5) is 0 Å². The first-order valence-corrected chi connectivity index (χ1v) is 10.6. The molecule has 0 aliphatic heterocycles. The molecule has 4 aromatic rings. The molecule has 0 amide bonds. The Balaban J connectivity index is 1.80. The van der Waals surface area contributed by atoms with E-state index in [9.17, 15) is 14.7 Å². The number of rotatable bonds is 4. The highest BCUT2D eigenvalue weighted by Gasteiger charge is 2.28. The lowest BCUT2D eigenvalue weighted by molar-refractivity contribution is 0.0697. The van der Waals surface area contributed by atoms with Crippen molar-refractivity contribution in [2.75, 3.05) is 0 Å². The molecule has 0 unspecified atom stereocenters. The van der Waals surface area contributed by atoms with E-state index in [1.54, 1.807) is 16.8 Å². The topological polar surface area (TPSA) is 82.1 Å². The molecule has 0 bridgehead atoms. The Morgan fingerprint density at radius 1 is 1.10 bits per heavy atom. The molecule has 31 heavy (non-hydrogen) atoms. The molecule has 0 atom stereocenters. The van der Waals surface area contributed by atoms with E-state index in [2.05, 4.69) is 4.57 Å². The molecule has 0 spiro atoms. The molecule has 5 rings (SSSR count). The minimum Gasteiger partial charge on any atom is -0.478 e. The summed E-state index contributed by atoms with van der Waals surface area (Å²) in [6, 6.07) is 14.8. The van der Waals surface area contributed by atoms with Gasteiger partial charge in [-0.2, -0.15) is 0 Å². The quantitative estimate of drug-likeness (QED) is 0.537.